The average molecular weight is 288 g/mol. The number of fused-ring (bicyclic) bond motifs is 1. The number of hydrogen-bond donors (Lipinski definition) is 2. The van der Waals surface area contributed by atoms with Gasteiger partial charge in [-0.15, -0.1) is 0 Å². The summed E-state index contributed by atoms with van der Waals surface area (Å²) in [7, 11) is 0. The van der Waals surface area contributed by atoms with Gasteiger partial charge < -0.3 is 10.6 Å². The van der Waals surface area contributed by atoms with Crippen molar-refractivity contribution in [2.75, 3.05) is 11.9 Å². The zero-order chi connectivity index (χ0) is 15.4. The monoisotopic (exact) mass is 288 g/mol. The van der Waals surface area contributed by atoms with Crippen LogP contribution in [0.5, 0.6) is 0 Å². The summed E-state index contributed by atoms with van der Waals surface area (Å²) in [6.07, 6.45) is 3.58. The molecule has 0 radical (unpaired) electrons. The topological polar surface area (TPSA) is 92.6 Å². The van der Waals surface area contributed by atoms with E-state index in [0.717, 1.165) is 6.42 Å². The summed E-state index contributed by atoms with van der Waals surface area (Å²) in [5.41, 5.74) is 0.217. The summed E-state index contributed by atoms with van der Waals surface area (Å²) in [5.74, 6) is -0.639. The van der Waals surface area contributed by atoms with E-state index in [2.05, 4.69) is 15.6 Å². The van der Waals surface area contributed by atoms with Crippen LogP contribution in [-0.4, -0.2) is 27.7 Å². The quantitative estimate of drug-likeness (QED) is 0.870. The summed E-state index contributed by atoms with van der Waals surface area (Å²) in [6.45, 7) is 3.81. The normalized spacial score (nSPS) is 10.4. The lowest BCUT2D eigenvalue weighted by molar-refractivity contribution is -0.114. The summed E-state index contributed by atoms with van der Waals surface area (Å²) < 4.78 is 1.24. The first-order valence-electron chi connectivity index (χ1n) is 6.60. The molecule has 110 valence electrons. The second kappa shape index (κ2) is 6.17. The van der Waals surface area contributed by atoms with Gasteiger partial charge in [-0.2, -0.15) is 0 Å². The zero-order valence-electron chi connectivity index (χ0n) is 11.8. The number of aromatic nitrogens is 2. The first-order chi connectivity index (χ1) is 10.0. The Labute approximate surface area is 121 Å². The molecule has 7 nitrogen and oxygen atoms in total. The van der Waals surface area contributed by atoms with E-state index in [9.17, 15) is 14.4 Å². The highest BCUT2D eigenvalue weighted by atomic mass is 16.2. The minimum absolute atomic E-state index is 0.0751. The first-order valence-corrected chi connectivity index (χ1v) is 6.60. The third-order valence-corrected chi connectivity index (χ3v) is 2.82. The van der Waals surface area contributed by atoms with Crippen LogP contribution in [0, 0.1) is 0 Å². The number of rotatable bonds is 4. The minimum Gasteiger partial charge on any atom is -0.352 e. The average Bonchev–Trinajstić information content (AvgIpc) is 2.47. The van der Waals surface area contributed by atoms with Gasteiger partial charge in [-0.05, 0) is 18.6 Å². The van der Waals surface area contributed by atoms with Crippen molar-refractivity contribution in [3.8, 4) is 0 Å². The predicted octanol–water partition coefficient (Wildman–Crippen LogP) is 0.793. The van der Waals surface area contributed by atoms with Crippen molar-refractivity contribution >= 4 is 23.1 Å². The van der Waals surface area contributed by atoms with Crippen molar-refractivity contribution in [2.24, 2.45) is 0 Å². The maximum atomic E-state index is 12.2. The van der Waals surface area contributed by atoms with Crippen LogP contribution in [0.25, 0.3) is 5.65 Å². The Morgan fingerprint density at radius 3 is 2.81 bits per heavy atom. The van der Waals surface area contributed by atoms with Crippen molar-refractivity contribution < 1.29 is 9.59 Å². The molecule has 2 N–H and O–H groups in total. The maximum Gasteiger partial charge on any atom is 0.281 e. The molecule has 2 heterocycles. The molecule has 0 spiro atoms. The number of carbonyl (C=O) groups is 2. The fourth-order valence-electron chi connectivity index (χ4n) is 1.89. The lowest BCUT2D eigenvalue weighted by Crippen LogP contribution is -2.27. The molecule has 0 aliphatic heterocycles. The molecule has 0 aliphatic rings. The van der Waals surface area contributed by atoms with Gasteiger partial charge in [0.2, 0.25) is 5.91 Å². The SMILES string of the molecule is CCCNC(=O)c1cccn2c(=O)c(NC(C)=O)cnc12. The fourth-order valence-corrected chi connectivity index (χ4v) is 1.89. The van der Waals surface area contributed by atoms with E-state index >= 15 is 0 Å². The molecule has 0 unspecified atom stereocenters. The van der Waals surface area contributed by atoms with Gasteiger partial charge in [-0.3, -0.25) is 18.8 Å². The van der Waals surface area contributed by atoms with Crippen molar-refractivity contribution in [1.29, 1.82) is 0 Å². The molecular formula is C14H16N4O3. The van der Waals surface area contributed by atoms with E-state index in [1.165, 1.54) is 23.7 Å². The van der Waals surface area contributed by atoms with Gasteiger partial charge in [0.05, 0.1) is 11.8 Å². The van der Waals surface area contributed by atoms with Gasteiger partial charge >= 0.3 is 0 Å². The van der Waals surface area contributed by atoms with Crippen LogP contribution in [0.15, 0.2) is 29.3 Å². The minimum atomic E-state index is -0.430. The number of pyridine rings is 1. The zero-order valence-corrected chi connectivity index (χ0v) is 11.8. The summed E-state index contributed by atoms with van der Waals surface area (Å²) >= 11 is 0. The van der Waals surface area contributed by atoms with Crippen molar-refractivity contribution in [1.82, 2.24) is 14.7 Å². The third kappa shape index (κ3) is 3.07. The van der Waals surface area contributed by atoms with Crippen molar-refractivity contribution in [3.63, 3.8) is 0 Å². The second-order valence-electron chi connectivity index (χ2n) is 4.53. The van der Waals surface area contributed by atoms with Crippen LogP contribution >= 0.6 is 0 Å². The van der Waals surface area contributed by atoms with Crippen LogP contribution in [0.2, 0.25) is 0 Å². The largest absolute Gasteiger partial charge is 0.352 e. The van der Waals surface area contributed by atoms with Gasteiger partial charge in [0.25, 0.3) is 11.5 Å². The highest BCUT2D eigenvalue weighted by Gasteiger charge is 2.13. The first kappa shape index (κ1) is 14.7. The van der Waals surface area contributed by atoms with Gasteiger partial charge in [0.15, 0.2) is 5.65 Å². The number of carbonyl (C=O) groups excluding carboxylic acids is 2. The molecule has 0 aromatic carbocycles. The fraction of sp³-hybridized carbons (Fsp3) is 0.286. The van der Waals surface area contributed by atoms with Gasteiger partial charge in [-0.25, -0.2) is 4.98 Å². The van der Waals surface area contributed by atoms with Crippen molar-refractivity contribution in [2.45, 2.75) is 20.3 Å². The molecule has 2 amide bonds. The van der Waals surface area contributed by atoms with E-state index < -0.39 is 5.56 Å². The summed E-state index contributed by atoms with van der Waals surface area (Å²) in [5, 5.41) is 5.16. The molecule has 7 heteroatoms. The molecule has 21 heavy (non-hydrogen) atoms. The molecule has 0 saturated heterocycles. The molecule has 2 rings (SSSR count). The van der Waals surface area contributed by atoms with E-state index in [4.69, 9.17) is 0 Å². The van der Waals surface area contributed by atoms with Crippen molar-refractivity contribution in [3.05, 3.63) is 40.4 Å². The second-order valence-corrected chi connectivity index (χ2v) is 4.53. The Hall–Kier alpha value is -2.70. The molecule has 2 aromatic rings. The molecule has 0 atom stereocenters. The Kier molecular flexibility index (Phi) is 4.32. The van der Waals surface area contributed by atoms with Crippen LogP contribution in [0.3, 0.4) is 0 Å². The predicted molar refractivity (Wildman–Crippen MR) is 78.4 cm³/mol. The molecule has 2 aromatic heterocycles. The van der Waals surface area contributed by atoms with Crippen LogP contribution < -0.4 is 16.2 Å². The van der Waals surface area contributed by atoms with Crippen LogP contribution in [0.4, 0.5) is 5.69 Å². The van der Waals surface area contributed by atoms with E-state index in [0.29, 0.717) is 12.1 Å². The molecule has 0 saturated carbocycles. The molecule has 0 fully saturated rings. The summed E-state index contributed by atoms with van der Waals surface area (Å²) in [6, 6.07) is 3.19. The Morgan fingerprint density at radius 2 is 2.14 bits per heavy atom. The Bertz CT molecular complexity index is 751. The third-order valence-electron chi connectivity index (χ3n) is 2.82. The lowest BCUT2D eigenvalue weighted by atomic mass is 10.2. The number of anilines is 1. The van der Waals surface area contributed by atoms with E-state index in [1.54, 1.807) is 12.1 Å². The Morgan fingerprint density at radius 1 is 1.38 bits per heavy atom. The lowest BCUT2D eigenvalue weighted by Gasteiger charge is -2.08. The summed E-state index contributed by atoms with van der Waals surface area (Å²) in [4.78, 5) is 39.4. The van der Waals surface area contributed by atoms with Gasteiger partial charge in [0, 0.05) is 19.7 Å². The number of nitrogens with one attached hydrogen (secondary N) is 2. The molecular weight excluding hydrogens is 272 g/mol. The van der Waals surface area contributed by atoms with Crippen LogP contribution in [0.1, 0.15) is 30.6 Å². The standard InChI is InChI=1S/C14H16N4O3/c1-3-6-15-13(20)10-5-4-7-18-12(10)16-8-11(14(18)21)17-9(2)19/h4-5,7-8H,3,6H2,1-2H3,(H,15,20)(H,17,19). The highest BCUT2D eigenvalue weighted by Crippen LogP contribution is 2.08. The van der Waals surface area contributed by atoms with Gasteiger partial charge in [0.1, 0.15) is 5.69 Å². The van der Waals surface area contributed by atoms with Gasteiger partial charge in [-0.1, -0.05) is 6.92 Å². The van der Waals surface area contributed by atoms with E-state index in [1.807, 2.05) is 6.92 Å². The molecule has 0 aliphatic carbocycles. The van der Waals surface area contributed by atoms with E-state index in [-0.39, 0.29) is 23.1 Å². The smallest absolute Gasteiger partial charge is 0.281 e. The number of nitrogens with zero attached hydrogens (tertiary/aromatic N) is 2. The van der Waals surface area contributed by atoms with Crippen LogP contribution in [-0.2, 0) is 4.79 Å². The Balaban J connectivity index is 2.52. The highest BCUT2D eigenvalue weighted by molar-refractivity contribution is 5.99. The number of amides is 2. The molecule has 0 bridgehead atoms. The maximum absolute atomic E-state index is 12.2. The number of hydrogen-bond acceptors (Lipinski definition) is 4.